The third-order valence-corrected chi connectivity index (χ3v) is 1.49. The van der Waals surface area contributed by atoms with Gasteiger partial charge in [-0.2, -0.15) is 0 Å². The third-order valence-electron chi connectivity index (χ3n) is 1.49. The first-order chi connectivity index (χ1) is 5.29. The van der Waals surface area contributed by atoms with E-state index in [2.05, 4.69) is 4.98 Å². The Kier molecular flexibility index (Phi) is 1.00. The van der Waals surface area contributed by atoms with Gasteiger partial charge in [0, 0.05) is 12.4 Å². The number of nitrogens with two attached hydrogens (primary N) is 1. The molecule has 0 atom stereocenters. The number of nitrogens with zero attached hydrogens (tertiary/aromatic N) is 3. The molecule has 0 fully saturated rings. The van der Waals surface area contributed by atoms with Gasteiger partial charge in [0.05, 0.1) is 17.9 Å². The molecule has 5 heteroatoms. The van der Waals surface area contributed by atoms with E-state index >= 15 is 0 Å². The van der Waals surface area contributed by atoms with Gasteiger partial charge in [0.1, 0.15) is 0 Å². The van der Waals surface area contributed by atoms with Gasteiger partial charge in [-0.05, 0) is 0 Å². The molecule has 2 heterocycles. The van der Waals surface area contributed by atoms with Crippen LogP contribution in [0, 0.1) is 0 Å². The minimum atomic E-state index is -0.262. The van der Waals surface area contributed by atoms with E-state index in [1.165, 1.54) is 16.8 Å². The first-order valence-corrected chi connectivity index (χ1v) is 3.08. The van der Waals surface area contributed by atoms with Crippen molar-refractivity contribution in [3.63, 3.8) is 0 Å². The Hall–Kier alpha value is -1.78. The summed E-state index contributed by atoms with van der Waals surface area (Å²) in [5.41, 5.74) is 0.433. The lowest BCUT2D eigenvalue weighted by Gasteiger charge is -1.85. The van der Waals surface area contributed by atoms with Crippen molar-refractivity contribution in [3.8, 4) is 0 Å². The summed E-state index contributed by atoms with van der Waals surface area (Å²) in [6.45, 7) is 0. The Balaban J connectivity index is 3.04. The van der Waals surface area contributed by atoms with Gasteiger partial charge < -0.3 is 5.84 Å². The highest BCUT2D eigenvalue weighted by Crippen LogP contribution is 1.93. The maximum atomic E-state index is 11.1. The highest BCUT2D eigenvalue weighted by Gasteiger charge is 1.98. The second kappa shape index (κ2) is 1.85. The molecule has 0 saturated carbocycles. The lowest BCUT2D eigenvalue weighted by molar-refractivity contribution is 0.899. The number of fused-ring (bicyclic) bond motifs is 1. The van der Waals surface area contributed by atoms with Crippen LogP contribution < -0.4 is 11.5 Å². The van der Waals surface area contributed by atoms with Crippen molar-refractivity contribution in [1.82, 2.24) is 14.1 Å². The summed E-state index contributed by atoms with van der Waals surface area (Å²) in [5.74, 6) is 5.31. The average molecular weight is 150 g/mol. The van der Waals surface area contributed by atoms with E-state index in [4.69, 9.17) is 5.84 Å². The van der Waals surface area contributed by atoms with Crippen LogP contribution in [0.5, 0.6) is 0 Å². The van der Waals surface area contributed by atoms with Crippen molar-refractivity contribution >= 4 is 5.52 Å². The van der Waals surface area contributed by atoms with E-state index in [1.54, 1.807) is 12.4 Å². The number of rotatable bonds is 0. The summed E-state index contributed by atoms with van der Waals surface area (Å²) in [6.07, 6.45) is 6.20. The molecule has 0 aromatic carbocycles. The van der Waals surface area contributed by atoms with Gasteiger partial charge in [-0.1, -0.05) is 0 Å². The van der Waals surface area contributed by atoms with Crippen LogP contribution in [0.2, 0.25) is 0 Å². The van der Waals surface area contributed by atoms with Gasteiger partial charge in [-0.3, -0.25) is 9.38 Å². The van der Waals surface area contributed by atoms with Gasteiger partial charge >= 0.3 is 5.69 Å². The molecule has 0 amide bonds. The topological polar surface area (TPSA) is 65.3 Å². The second-order valence-electron chi connectivity index (χ2n) is 2.19. The number of nitrogen functional groups attached to an aromatic ring is 1. The molecule has 0 saturated heterocycles. The second-order valence-corrected chi connectivity index (χ2v) is 2.19. The molecule has 0 bridgehead atoms. The Bertz CT molecular complexity index is 441. The molecule has 56 valence electrons. The molecular formula is C6H6N4O. The minimum Gasteiger partial charge on any atom is -0.335 e. The number of aromatic nitrogens is 3. The monoisotopic (exact) mass is 150 g/mol. The van der Waals surface area contributed by atoms with Crippen molar-refractivity contribution in [2.24, 2.45) is 0 Å². The molecule has 2 N–H and O–H groups in total. The summed E-state index contributed by atoms with van der Waals surface area (Å²) in [6, 6.07) is 0. The minimum absolute atomic E-state index is 0.262. The summed E-state index contributed by atoms with van der Waals surface area (Å²) in [7, 11) is 0. The fraction of sp³-hybridized carbons (Fsp3) is 0. The highest BCUT2D eigenvalue weighted by atomic mass is 16.2. The number of hydrogen-bond acceptors (Lipinski definition) is 3. The van der Waals surface area contributed by atoms with Crippen molar-refractivity contribution in [1.29, 1.82) is 0 Å². The van der Waals surface area contributed by atoms with Crippen LogP contribution in [0.3, 0.4) is 0 Å². The summed E-state index contributed by atoms with van der Waals surface area (Å²) in [5, 5.41) is 0. The fourth-order valence-corrected chi connectivity index (χ4v) is 0.965. The van der Waals surface area contributed by atoms with Crippen LogP contribution in [-0.4, -0.2) is 14.1 Å². The molecule has 0 radical (unpaired) electrons. The maximum absolute atomic E-state index is 11.1. The fourth-order valence-electron chi connectivity index (χ4n) is 0.965. The molecular weight excluding hydrogens is 144 g/mol. The van der Waals surface area contributed by atoms with Crippen LogP contribution >= 0.6 is 0 Å². The standard InChI is InChI=1S/C6H6N4O/c7-10-4-5-3-8-1-2-9(5)6(10)11/h1-4H,7H2. The summed E-state index contributed by atoms with van der Waals surface area (Å²) >= 11 is 0. The van der Waals surface area contributed by atoms with Crippen LogP contribution in [-0.2, 0) is 0 Å². The maximum Gasteiger partial charge on any atom is 0.351 e. The van der Waals surface area contributed by atoms with Gasteiger partial charge in [-0.15, -0.1) is 0 Å². The average Bonchev–Trinajstić information content (AvgIpc) is 2.30. The molecule has 5 nitrogen and oxygen atoms in total. The van der Waals surface area contributed by atoms with Crippen LogP contribution in [0.4, 0.5) is 0 Å². The number of imidazole rings is 1. The predicted molar refractivity (Wildman–Crippen MR) is 39.6 cm³/mol. The largest absolute Gasteiger partial charge is 0.351 e. The van der Waals surface area contributed by atoms with Crippen molar-refractivity contribution in [2.75, 3.05) is 5.84 Å². The Morgan fingerprint density at radius 2 is 2.36 bits per heavy atom. The van der Waals surface area contributed by atoms with Gasteiger partial charge in [-0.25, -0.2) is 9.47 Å². The zero-order valence-corrected chi connectivity index (χ0v) is 5.64. The first-order valence-electron chi connectivity index (χ1n) is 3.08. The van der Waals surface area contributed by atoms with Crippen molar-refractivity contribution < 1.29 is 0 Å². The normalized spacial score (nSPS) is 10.5. The lowest BCUT2D eigenvalue weighted by atomic mass is 10.6. The van der Waals surface area contributed by atoms with Gasteiger partial charge in [0.25, 0.3) is 0 Å². The lowest BCUT2D eigenvalue weighted by Crippen LogP contribution is -2.25. The summed E-state index contributed by atoms with van der Waals surface area (Å²) in [4.78, 5) is 14.9. The number of hydrogen-bond donors (Lipinski definition) is 1. The molecule has 0 spiro atoms. The van der Waals surface area contributed by atoms with Crippen LogP contribution in [0.15, 0.2) is 29.6 Å². The smallest absolute Gasteiger partial charge is 0.335 e. The van der Waals surface area contributed by atoms with Gasteiger partial charge in [0.15, 0.2) is 0 Å². The van der Waals surface area contributed by atoms with Crippen LogP contribution in [0.1, 0.15) is 0 Å². The Labute approximate surface area is 61.7 Å². The summed E-state index contributed by atoms with van der Waals surface area (Å²) < 4.78 is 2.45. The highest BCUT2D eigenvalue weighted by molar-refractivity contribution is 5.41. The van der Waals surface area contributed by atoms with Crippen molar-refractivity contribution in [2.45, 2.75) is 0 Å². The van der Waals surface area contributed by atoms with Gasteiger partial charge in [0.2, 0.25) is 0 Å². The van der Waals surface area contributed by atoms with E-state index < -0.39 is 0 Å². The Morgan fingerprint density at radius 3 is 3.09 bits per heavy atom. The van der Waals surface area contributed by atoms with E-state index in [0.717, 1.165) is 4.68 Å². The first kappa shape index (κ1) is 5.96. The quantitative estimate of drug-likeness (QED) is 0.500. The molecule has 0 unspecified atom stereocenters. The molecule has 2 rings (SSSR count). The third kappa shape index (κ3) is 0.706. The SMILES string of the molecule is Nn1cc2cnccn2c1=O. The zero-order valence-electron chi connectivity index (χ0n) is 5.64. The molecule has 2 aromatic rings. The molecule has 0 aliphatic heterocycles. The predicted octanol–water partition coefficient (Wildman–Crippen LogP) is -0.790. The van der Waals surface area contributed by atoms with E-state index in [9.17, 15) is 4.79 Å². The molecule has 0 aliphatic carbocycles. The van der Waals surface area contributed by atoms with E-state index in [1.807, 2.05) is 0 Å². The van der Waals surface area contributed by atoms with E-state index in [0.29, 0.717) is 5.52 Å². The van der Waals surface area contributed by atoms with E-state index in [-0.39, 0.29) is 5.69 Å². The Morgan fingerprint density at radius 1 is 1.55 bits per heavy atom. The molecule has 2 aromatic heterocycles. The van der Waals surface area contributed by atoms with Crippen molar-refractivity contribution in [3.05, 3.63) is 35.3 Å². The molecule has 11 heavy (non-hydrogen) atoms. The zero-order chi connectivity index (χ0) is 7.84. The van der Waals surface area contributed by atoms with Crippen LogP contribution in [0.25, 0.3) is 5.52 Å². The molecule has 0 aliphatic rings.